The molecule has 2 amide bonds. The summed E-state index contributed by atoms with van der Waals surface area (Å²) in [4.78, 5) is 16.4. The van der Waals surface area contributed by atoms with Gasteiger partial charge >= 0.3 is 6.03 Å². The maximum atomic E-state index is 11.7. The molecular formula is C12H15N3O2S. The van der Waals surface area contributed by atoms with Crippen LogP contribution in [0.4, 0.5) is 9.93 Å². The summed E-state index contributed by atoms with van der Waals surface area (Å²) in [5.41, 5.74) is 0. The van der Waals surface area contributed by atoms with E-state index in [1.165, 1.54) is 24.2 Å². The Morgan fingerprint density at radius 2 is 2.33 bits per heavy atom. The third-order valence-corrected chi connectivity index (χ3v) is 3.54. The minimum Gasteiger partial charge on any atom is -0.384 e. The Bertz CT molecular complexity index is 469. The minimum atomic E-state index is -0.210. The first kappa shape index (κ1) is 12.9. The normalized spacial score (nSPS) is 14.9. The highest BCUT2D eigenvalue weighted by molar-refractivity contribution is 7.16. The number of aliphatic hydroxyl groups excluding tert-OH is 1. The van der Waals surface area contributed by atoms with E-state index >= 15 is 0 Å². The molecule has 0 saturated heterocycles. The number of nitrogens with one attached hydrogen (secondary N) is 2. The zero-order valence-electron chi connectivity index (χ0n) is 9.90. The number of hydrogen-bond acceptors (Lipinski definition) is 4. The lowest BCUT2D eigenvalue weighted by molar-refractivity contribution is 0.248. The molecule has 1 saturated carbocycles. The molecular weight excluding hydrogens is 250 g/mol. The maximum Gasteiger partial charge on any atom is 0.321 e. The van der Waals surface area contributed by atoms with Crippen molar-refractivity contribution in [3.8, 4) is 11.8 Å². The summed E-state index contributed by atoms with van der Waals surface area (Å²) in [6, 6.07) is 0.0801. The SMILES string of the molecule is O=C(Nc1ncc(C#CCO)s1)NC1CCCC1. The fourth-order valence-corrected chi connectivity index (χ4v) is 2.59. The van der Waals surface area contributed by atoms with Gasteiger partial charge in [-0.15, -0.1) is 0 Å². The number of carbonyl (C=O) groups is 1. The summed E-state index contributed by atoms with van der Waals surface area (Å²) in [5.74, 6) is 5.28. The van der Waals surface area contributed by atoms with Crippen LogP contribution in [0, 0.1) is 11.8 Å². The Morgan fingerprint density at radius 3 is 3.06 bits per heavy atom. The third kappa shape index (κ3) is 3.72. The quantitative estimate of drug-likeness (QED) is 0.710. The Labute approximate surface area is 110 Å². The summed E-state index contributed by atoms with van der Waals surface area (Å²) in [6.45, 7) is -0.178. The van der Waals surface area contributed by atoms with Crippen molar-refractivity contribution >= 4 is 22.5 Å². The minimum absolute atomic E-state index is 0.178. The zero-order chi connectivity index (χ0) is 12.8. The van der Waals surface area contributed by atoms with Crippen molar-refractivity contribution in [1.29, 1.82) is 0 Å². The maximum absolute atomic E-state index is 11.7. The average molecular weight is 265 g/mol. The van der Waals surface area contributed by atoms with Gasteiger partial charge in [-0.3, -0.25) is 5.32 Å². The lowest BCUT2D eigenvalue weighted by Crippen LogP contribution is -2.36. The first-order chi connectivity index (χ1) is 8.78. The molecule has 6 heteroatoms. The molecule has 0 aliphatic heterocycles. The van der Waals surface area contributed by atoms with Gasteiger partial charge in [0.15, 0.2) is 5.13 Å². The Kier molecular flexibility index (Phi) is 4.56. The molecule has 1 aromatic heterocycles. The number of hydrogen-bond donors (Lipinski definition) is 3. The van der Waals surface area contributed by atoms with Crippen molar-refractivity contribution in [2.24, 2.45) is 0 Å². The van der Waals surface area contributed by atoms with Gasteiger partial charge in [-0.2, -0.15) is 0 Å². The Balaban J connectivity index is 1.84. The van der Waals surface area contributed by atoms with E-state index in [9.17, 15) is 4.79 Å². The van der Waals surface area contributed by atoms with Crippen LogP contribution in [0.1, 0.15) is 30.6 Å². The van der Waals surface area contributed by atoms with Crippen LogP contribution < -0.4 is 10.6 Å². The lowest BCUT2D eigenvalue weighted by atomic mass is 10.3. The number of urea groups is 1. The van der Waals surface area contributed by atoms with Crippen LogP contribution >= 0.6 is 11.3 Å². The standard InChI is InChI=1S/C12H15N3O2S/c16-7-3-6-10-8-13-12(18-10)15-11(17)14-9-4-1-2-5-9/h8-9,16H,1-2,4-5,7H2,(H2,13,14,15,17). The van der Waals surface area contributed by atoms with Gasteiger partial charge in [-0.25, -0.2) is 9.78 Å². The van der Waals surface area contributed by atoms with Gasteiger partial charge in [0, 0.05) is 6.04 Å². The molecule has 18 heavy (non-hydrogen) atoms. The summed E-state index contributed by atoms with van der Waals surface area (Å²) >= 11 is 1.29. The van der Waals surface area contributed by atoms with Gasteiger partial charge < -0.3 is 10.4 Å². The van der Waals surface area contributed by atoms with Gasteiger partial charge in [0.25, 0.3) is 0 Å². The molecule has 0 aromatic carbocycles. The molecule has 2 rings (SSSR count). The van der Waals surface area contributed by atoms with E-state index in [1.807, 2.05) is 0 Å². The van der Waals surface area contributed by atoms with Crippen LogP contribution in [-0.2, 0) is 0 Å². The number of nitrogens with zero attached hydrogens (tertiary/aromatic N) is 1. The van der Waals surface area contributed by atoms with Gasteiger partial charge in [-0.05, 0) is 12.8 Å². The van der Waals surface area contributed by atoms with E-state index < -0.39 is 0 Å². The smallest absolute Gasteiger partial charge is 0.321 e. The molecule has 0 bridgehead atoms. The fourth-order valence-electron chi connectivity index (χ4n) is 1.91. The molecule has 0 spiro atoms. The number of amides is 2. The van der Waals surface area contributed by atoms with Gasteiger partial charge in [0.1, 0.15) is 6.61 Å². The van der Waals surface area contributed by atoms with Crippen LogP contribution in [0.15, 0.2) is 6.20 Å². The first-order valence-electron chi connectivity index (χ1n) is 5.91. The van der Waals surface area contributed by atoms with Gasteiger partial charge in [0.05, 0.1) is 11.1 Å². The number of aromatic nitrogens is 1. The predicted octanol–water partition coefficient (Wildman–Crippen LogP) is 1.55. The molecule has 0 unspecified atom stereocenters. The molecule has 1 aliphatic rings. The van der Waals surface area contributed by atoms with Crippen LogP contribution in [0.2, 0.25) is 0 Å². The Hall–Kier alpha value is -1.58. The number of carbonyl (C=O) groups excluding carboxylic acids is 1. The second-order valence-corrected chi connectivity index (χ2v) is 5.10. The molecule has 5 nitrogen and oxygen atoms in total. The van der Waals surface area contributed by atoms with Crippen molar-refractivity contribution in [3.05, 3.63) is 11.1 Å². The van der Waals surface area contributed by atoms with Crippen LogP contribution in [-0.4, -0.2) is 28.8 Å². The highest BCUT2D eigenvalue weighted by atomic mass is 32.1. The molecule has 1 aromatic rings. The number of rotatable bonds is 2. The summed E-state index contributed by atoms with van der Waals surface area (Å²) < 4.78 is 0. The van der Waals surface area contributed by atoms with Crippen molar-refractivity contribution < 1.29 is 9.90 Å². The molecule has 3 N–H and O–H groups in total. The van der Waals surface area contributed by atoms with E-state index in [0.717, 1.165) is 17.7 Å². The van der Waals surface area contributed by atoms with Crippen molar-refractivity contribution in [1.82, 2.24) is 10.3 Å². The zero-order valence-corrected chi connectivity index (χ0v) is 10.7. The van der Waals surface area contributed by atoms with E-state index in [-0.39, 0.29) is 12.6 Å². The Morgan fingerprint density at radius 1 is 1.56 bits per heavy atom. The van der Waals surface area contributed by atoms with E-state index in [4.69, 9.17) is 5.11 Å². The van der Waals surface area contributed by atoms with E-state index in [0.29, 0.717) is 11.2 Å². The highest BCUT2D eigenvalue weighted by Gasteiger charge is 2.17. The van der Waals surface area contributed by atoms with Crippen molar-refractivity contribution in [3.63, 3.8) is 0 Å². The summed E-state index contributed by atoms with van der Waals surface area (Å²) in [6.07, 6.45) is 6.06. The van der Waals surface area contributed by atoms with Crippen LogP contribution in [0.25, 0.3) is 0 Å². The fraction of sp³-hybridized carbons (Fsp3) is 0.500. The van der Waals surface area contributed by atoms with E-state index in [2.05, 4.69) is 27.5 Å². The predicted molar refractivity (Wildman–Crippen MR) is 70.5 cm³/mol. The molecule has 0 atom stereocenters. The third-order valence-electron chi connectivity index (χ3n) is 2.71. The van der Waals surface area contributed by atoms with Crippen LogP contribution in [0.3, 0.4) is 0 Å². The molecule has 96 valence electrons. The molecule has 0 radical (unpaired) electrons. The number of aliphatic hydroxyl groups is 1. The molecule has 1 heterocycles. The highest BCUT2D eigenvalue weighted by Crippen LogP contribution is 2.19. The average Bonchev–Trinajstić information content (AvgIpc) is 2.98. The summed E-state index contributed by atoms with van der Waals surface area (Å²) in [5, 5.41) is 14.7. The molecule has 1 fully saturated rings. The monoisotopic (exact) mass is 265 g/mol. The summed E-state index contributed by atoms with van der Waals surface area (Å²) in [7, 11) is 0. The first-order valence-corrected chi connectivity index (χ1v) is 6.72. The number of thiazole rings is 1. The molecule has 1 aliphatic carbocycles. The van der Waals surface area contributed by atoms with Gasteiger partial charge in [0.2, 0.25) is 0 Å². The van der Waals surface area contributed by atoms with Crippen molar-refractivity contribution in [2.45, 2.75) is 31.7 Å². The second-order valence-electron chi connectivity index (χ2n) is 4.07. The van der Waals surface area contributed by atoms with E-state index in [1.54, 1.807) is 6.20 Å². The van der Waals surface area contributed by atoms with Crippen molar-refractivity contribution in [2.75, 3.05) is 11.9 Å². The van der Waals surface area contributed by atoms with Crippen LogP contribution in [0.5, 0.6) is 0 Å². The lowest BCUT2D eigenvalue weighted by Gasteiger charge is -2.11. The largest absolute Gasteiger partial charge is 0.384 e. The second kappa shape index (κ2) is 6.38. The topological polar surface area (TPSA) is 74.2 Å². The van der Waals surface area contributed by atoms with Gasteiger partial charge in [-0.1, -0.05) is 36.0 Å². The number of anilines is 1.